The summed E-state index contributed by atoms with van der Waals surface area (Å²) in [7, 11) is 4.02. The number of hydrogen-bond acceptors (Lipinski definition) is 4. The van der Waals surface area contributed by atoms with Crippen LogP contribution >= 0.6 is 12.2 Å². The zero-order valence-corrected chi connectivity index (χ0v) is 12.0. The quantitative estimate of drug-likeness (QED) is 0.532. The Morgan fingerprint density at radius 2 is 2.06 bits per heavy atom. The molecule has 104 valence electrons. The van der Waals surface area contributed by atoms with Gasteiger partial charge in [-0.1, -0.05) is 12.2 Å². The van der Waals surface area contributed by atoms with Crippen molar-refractivity contribution in [1.82, 2.24) is 10.2 Å². The highest BCUT2D eigenvalue weighted by Gasteiger charge is 2.42. The molecule has 1 amide bonds. The molecule has 0 bridgehead atoms. The number of nitrogens with two attached hydrogens (primary N) is 1. The predicted octanol–water partition coefficient (Wildman–Crippen LogP) is 0.137. The highest BCUT2D eigenvalue weighted by Crippen LogP contribution is 2.31. The Balaban J connectivity index is 2.48. The number of nitrogens with one attached hydrogen (secondary N) is 1. The number of ether oxygens (including phenoxy) is 1. The van der Waals surface area contributed by atoms with Crippen molar-refractivity contribution in [3.05, 3.63) is 0 Å². The Morgan fingerprint density at radius 3 is 2.56 bits per heavy atom. The van der Waals surface area contributed by atoms with E-state index in [0.717, 1.165) is 13.0 Å². The number of carbonyl (C=O) groups is 1. The fourth-order valence-electron chi connectivity index (χ4n) is 2.07. The maximum Gasteiger partial charge on any atom is 0.233 e. The molecule has 0 aliphatic carbocycles. The van der Waals surface area contributed by atoms with E-state index in [1.807, 2.05) is 14.1 Å². The lowest BCUT2D eigenvalue weighted by atomic mass is 9.79. The van der Waals surface area contributed by atoms with Gasteiger partial charge in [0, 0.05) is 19.8 Å². The van der Waals surface area contributed by atoms with Crippen molar-refractivity contribution < 1.29 is 9.53 Å². The van der Waals surface area contributed by atoms with Crippen LogP contribution in [0, 0.1) is 5.41 Å². The second-order valence-electron chi connectivity index (χ2n) is 4.97. The second kappa shape index (κ2) is 7.01. The molecule has 1 aliphatic rings. The molecule has 1 heterocycles. The van der Waals surface area contributed by atoms with Crippen LogP contribution in [0.3, 0.4) is 0 Å². The van der Waals surface area contributed by atoms with Gasteiger partial charge >= 0.3 is 0 Å². The lowest BCUT2D eigenvalue weighted by Crippen LogP contribution is -2.52. The number of nitrogens with zero attached hydrogens (tertiary/aromatic N) is 1. The van der Waals surface area contributed by atoms with Crippen LogP contribution in [0.25, 0.3) is 0 Å². The van der Waals surface area contributed by atoms with Gasteiger partial charge in [-0.15, -0.1) is 0 Å². The summed E-state index contributed by atoms with van der Waals surface area (Å²) in [4.78, 5) is 14.6. The highest BCUT2D eigenvalue weighted by atomic mass is 32.1. The first-order valence-corrected chi connectivity index (χ1v) is 6.70. The van der Waals surface area contributed by atoms with Gasteiger partial charge in [0.25, 0.3) is 0 Å². The molecule has 0 saturated carbocycles. The Bertz CT molecular complexity index is 302. The largest absolute Gasteiger partial charge is 0.392 e. The fourth-order valence-corrected chi connectivity index (χ4v) is 2.37. The van der Waals surface area contributed by atoms with E-state index < -0.39 is 5.41 Å². The van der Waals surface area contributed by atoms with Crippen molar-refractivity contribution in [2.75, 3.05) is 40.4 Å². The van der Waals surface area contributed by atoms with E-state index in [1.54, 1.807) is 0 Å². The molecule has 0 unspecified atom stereocenters. The Morgan fingerprint density at radius 1 is 1.44 bits per heavy atom. The van der Waals surface area contributed by atoms with E-state index in [9.17, 15) is 4.79 Å². The molecule has 1 saturated heterocycles. The monoisotopic (exact) mass is 273 g/mol. The summed E-state index contributed by atoms with van der Waals surface area (Å²) in [6, 6.07) is 0. The van der Waals surface area contributed by atoms with Crippen LogP contribution in [-0.2, 0) is 9.53 Å². The minimum Gasteiger partial charge on any atom is -0.392 e. The van der Waals surface area contributed by atoms with Crippen LogP contribution in [0.1, 0.15) is 19.3 Å². The minimum absolute atomic E-state index is 0.0444. The van der Waals surface area contributed by atoms with Crippen LogP contribution in [0.2, 0.25) is 0 Å². The number of thiocarbonyl (C=S) groups is 1. The van der Waals surface area contributed by atoms with E-state index >= 15 is 0 Å². The van der Waals surface area contributed by atoms with Gasteiger partial charge in [-0.3, -0.25) is 4.79 Å². The molecule has 0 aromatic heterocycles. The Labute approximate surface area is 114 Å². The van der Waals surface area contributed by atoms with Crippen molar-refractivity contribution in [3.63, 3.8) is 0 Å². The standard InChI is InChI=1S/C12H23N3O2S/c1-15(2)7-3-6-14-11(16)12(10(13)18)4-8-17-9-5-12/h3-9H2,1-2H3,(H2,13,18)(H,14,16). The number of hydrogen-bond donors (Lipinski definition) is 2. The third-order valence-corrected chi connectivity index (χ3v) is 3.71. The second-order valence-corrected chi connectivity index (χ2v) is 5.41. The summed E-state index contributed by atoms with van der Waals surface area (Å²) in [5.41, 5.74) is 5.06. The van der Waals surface area contributed by atoms with Crippen LogP contribution in [0.4, 0.5) is 0 Å². The van der Waals surface area contributed by atoms with Crippen molar-refractivity contribution in [2.45, 2.75) is 19.3 Å². The van der Waals surface area contributed by atoms with Crippen molar-refractivity contribution in [2.24, 2.45) is 11.1 Å². The van der Waals surface area contributed by atoms with Crippen molar-refractivity contribution in [3.8, 4) is 0 Å². The summed E-state index contributed by atoms with van der Waals surface area (Å²) in [6.07, 6.45) is 2.09. The molecular weight excluding hydrogens is 250 g/mol. The van der Waals surface area contributed by atoms with Gasteiger partial charge in [0.15, 0.2) is 0 Å². The number of carbonyl (C=O) groups excluding carboxylic acids is 1. The number of rotatable bonds is 6. The number of amides is 1. The normalized spacial score (nSPS) is 18.6. The maximum atomic E-state index is 12.3. The van der Waals surface area contributed by atoms with Crippen LogP contribution in [-0.4, -0.2) is 56.2 Å². The summed E-state index contributed by atoms with van der Waals surface area (Å²) in [6.45, 7) is 2.69. The molecule has 1 rings (SSSR count). The fraction of sp³-hybridized carbons (Fsp3) is 0.833. The molecule has 1 aliphatic heterocycles. The topological polar surface area (TPSA) is 67.6 Å². The molecule has 0 spiro atoms. The zero-order valence-electron chi connectivity index (χ0n) is 11.2. The predicted molar refractivity (Wildman–Crippen MR) is 75.5 cm³/mol. The molecule has 0 aromatic carbocycles. The minimum atomic E-state index is -0.703. The molecule has 0 aromatic rings. The van der Waals surface area contributed by atoms with E-state index in [1.165, 1.54) is 0 Å². The van der Waals surface area contributed by atoms with Crippen LogP contribution in [0.5, 0.6) is 0 Å². The summed E-state index contributed by atoms with van der Waals surface area (Å²) >= 11 is 5.08. The molecule has 18 heavy (non-hydrogen) atoms. The van der Waals surface area contributed by atoms with E-state index in [2.05, 4.69) is 10.2 Å². The maximum absolute atomic E-state index is 12.3. The molecule has 6 heteroatoms. The third kappa shape index (κ3) is 3.90. The summed E-state index contributed by atoms with van der Waals surface area (Å²) < 4.78 is 5.28. The highest BCUT2D eigenvalue weighted by molar-refractivity contribution is 7.80. The first kappa shape index (κ1) is 15.3. The molecule has 1 fully saturated rings. The molecular formula is C12H23N3O2S. The van der Waals surface area contributed by atoms with Crippen molar-refractivity contribution >= 4 is 23.1 Å². The SMILES string of the molecule is CN(C)CCCNC(=O)C1(C(N)=S)CCOCC1. The Hall–Kier alpha value is -0.720. The van der Waals surface area contributed by atoms with Gasteiger partial charge < -0.3 is 20.7 Å². The average molecular weight is 273 g/mol. The molecule has 0 radical (unpaired) electrons. The van der Waals surface area contributed by atoms with Gasteiger partial charge in [-0.2, -0.15) is 0 Å². The summed E-state index contributed by atoms with van der Waals surface area (Å²) in [5.74, 6) is -0.0444. The lowest BCUT2D eigenvalue weighted by molar-refractivity contribution is -0.131. The van der Waals surface area contributed by atoms with Crippen molar-refractivity contribution in [1.29, 1.82) is 0 Å². The molecule has 5 nitrogen and oxygen atoms in total. The van der Waals surface area contributed by atoms with Gasteiger partial charge in [0.1, 0.15) is 5.41 Å². The van der Waals surface area contributed by atoms with Crippen LogP contribution < -0.4 is 11.1 Å². The van der Waals surface area contributed by atoms with Gasteiger partial charge in [-0.05, 0) is 39.9 Å². The smallest absolute Gasteiger partial charge is 0.233 e. The zero-order chi connectivity index (χ0) is 13.6. The first-order valence-electron chi connectivity index (χ1n) is 6.30. The van der Waals surface area contributed by atoms with Gasteiger partial charge in [0.2, 0.25) is 5.91 Å². The Kier molecular flexibility index (Phi) is 5.98. The van der Waals surface area contributed by atoms with E-state index in [0.29, 0.717) is 32.6 Å². The van der Waals surface area contributed by atoms with Gasteiger partial charge in [-0.25, -0.2) is 0 Å². The van der Waals surface area contributed by atoms with E-state index in [4.69, 9.17) is 22.7 Å². The van der Waals surface area contributed by atoms with Gasteiger partial charge in [0.05, 0.1) is 4.99 Å². The first-order chi connectivity index (χ1) is 8.49. The molecule has 0 atom stereocenters. The average Bonchev–Trinajstić information content (AvgIpc) is 2.34. The third-order valence-electron chi connectivity index (χ3n) is 3.32. The van der Waals surface area contributed by atoms with Crippen LogP contribution in [0.15, 0.2) is 0 Å². The summed E-state index contributed by atoms with van der Waals surface area (Å²) in [5, 5.41) is 2.94. The van der Waals surface area contributed by atoms with E-state index in [-0.39, 0.29) is 10.9 Å². The lowest BCUT2D eigenvalue weighted by Gasteiger charge is -2.34. The molecule has 3 N–H and O–H groups in total.